The van der Waals surface area contributed by atoms with Crippen molar-refractivity contribution < 1.29 is 4.79 Å². The largest absolute Gasteiger partial charge is 0.345 e. The molecule has 1 N–H and O–H groups in total. The Hall–Kier alpha value is -2.24. The van der Waals surface area contributed by atoms with Crippen LogP contribution in [0.5, 0.6) is 0 Å². The van der Waals surface area contributed by atoms with Crippen LogP contribution in [0.2, 0.25) is 5.02 Å². The molecule has 0 bridgehead atoms. The topological polar surface area (TPSA) is 54.9 Å². The molecule has 3 rings (SSSR count). The third kappa shape index (κ3) is 3.63. The number of aryl methyl sites for hydroxylation is 1. The van der Waals surface area contributed by atoms with Gasteiger partial charge in [0.1, 0.15) is 9.88 Å². The van der Waals surface area contributed by atoms with Crippen molar-refractivity contribution in [1.29, 1.82) is 0 Å². The first-order valence-corrected chi connectivity index (χ1v) is 8.69. The van der Waals surface area contributed by atoms with Crippen molar-refractivity contribution in [3.05, 3.63) is 69.8 Å². The van der Waals surface area contributed by atoms with Gasteiger partial charge in [-0.2, -0.15) is 0 Å². The minimum absolute atomic E-state index is 0.139. The lowest BCUT2D eigenvalue weighted by Gasteiger charge is -2.14. The van der Waals surface area contributed by atoms with E-state index in [-0.39, 0.29) is 11.9 Å². The van der Waals surface area contributed by atoms with E-state index in [0.717, 1.165) is 16.3 Å². The maximum absolute atomic E-state index is 12.6. The molecule has 2 heterocycles. The zero-order chi connectivity index (χ0) is 17.1. The number of amides is 1. The standard InChI is InChI=1S/C18H16ClN3OS/c1-11(13-6-5-7-14(19)10-13)21-17(23)16-12(2)22-18(24-16)15-8-3-4-9-20-15/h3-11H,1-2H3,(H,21,23)/t11-/m1/s1. The van der Waals surface area contributed by atoms with Crippen LogP contribution in [0.3, 0.4) is 0 Å². The molecule has 0 saturated heterocycles. The molecule has 0 radical (unpaired) electrons. The Labute approximate surface area is 149 Å². The number of hydrogen-bond acceptors (Lipinski definition) is 4. The summed E-state index contributed by atoms with van der Waals surface area (Å²) in [6.45, 7) is 3.77. The Balaban J connectivity index is 1.79. The van der Waals surface area contributed by atoms with Crippen molar-refractivity contribution in [2.24, 2.45) is 0 Å². The summed E-state index contributed by atoms with van der Waals surface area (Å²) in [5.74, 6) is -0.139. The van der Waals surface area contributed by atoms with Crippen LogP contribution < -0.4 is 5.32 Å². The summed E-state index contributed by atoms with van der Waals surface area (Å²) < 4.78 is 0. The molecule has 2 aromatic heterocycles. The van der Waals surface area contributed by atoms with E-state index < -0.39 is 0 Å². The van der Waals surface area contributed by atoms with Crippen LogP contribution in [-0.2, 0) is 0 Å². The zero-order valence-corrected chi connectivity index (χ0v) is 14.9. The van der Waals surface area contributed by atoms with Crippen molar-refractivity contribution in [3.63, 3.8) is 0 Å². The molecule has 1 atom stereocenters. The Bertz CT molecular complexity index is 864. The normalized spacial score (nSPS) is 12.0. The van der Waals surface area contributed by atoms with E-state index in [4.69, 9.17) is 11.6 Å². The number of hydrogen-bond donors (Lipinski definition) is 1. The van der Waals surface area contributed by atoms with Crippen LogP contribution in [0.4, 0.5) is 0 Å². The maximum atomic E-state index is 12.6. The van der Waals surface area contributed by atoms with E-state index >= 15 is 0 Å². The summed E-state index contributed by atoms with van der Waals surface area (Å²) in [4.78, 5) is 21.9. The minimum Gasteiger partial charge on any atom is -0.345 e. The highest BCUT2D eigenvalue weighted by atomic mass is 35.5. The number of pyridine rings is 1. The third-order valence-electron chi connectivity index (χ3n) is 3.58. The molecule has 0 saturated carbocycles. The van der Waals surface area contributed by atoms with Gasteiger partial charge in [0.15, 0.2) is 0 Å². The fourth-order valence-electron chi connectivity index (χ4n) is 2.33. The molecule has 6 heteroatoms. The van der Waals surface area contributed by atoms with Gasteiger partial charge in [-0.15, -0.1) is 11.3 Å². The first kappa shape index (κ1) is 16.6. The Morgan fingerprint density at radius 2 is 2.08 bits per heavy atom. The van der Waals surface area contributed by atoms with Crippen LogP contribution in [0.15, 0.2) is 48.7 Å². The lowest BCUT2D eigenvalue weighted by Crippen LogP contribution is -2.26. The van der Waals surface area contributed by atoms with Gasteiger partial charge in [0, 0.05) is 11.2 Å². The van der Waals surface area contributed by atoms with Gasteiger partial charge < -0.3 is 5.32 Å². The Kier molecular flexibility index (Phi) is 4.92. The molecule has 0 unspecified atom stereocenters. The number of rotatable bonds is 4. The van der Waals surface area contributed by atoms with Crippen LogP contribution in [-0.4, -0.2) is 15.9 Å². The highest BCUT2D eigenvalue weighted by molar-refractivity contribution is 7.17. The summed E-state index contributed by atoms with van der Waals surface area (Å²) in [5, 5.41) is 4.39. The second kappa shape index (κ2) is 7.11. The smallest absolute Gasteiger partial charge is 0.263 e. The first-order chi connectivity index (χ1) is 11.5. The maximum Gasteiger partial charge on any atom is 0.263 e. The van der Waals surface area contributed by atoms with Gasteiger partial charge in [0.25, 0.3) is 5.91 Å². The molecule has 1 amide bonds. The first-order valence-electron chi connectivity index (χ1n) is 7.50. The van der Waals surface area contributed by atoms with Gasteiger partial charge in [-0.05, 0) is 43.7 Å². The molecular formula is C18H16ClN3OS. The summed E-state index contributed by atoms with van der Waals surface area (Å²) in [6, 6.07) is 13.0. The number of nitrogens with zero attached hydrogens (tertiary/aromatic N) is 2. The average Bonchev–Trinajstić information content (AvgIpc) is 2.97. The van der Waals surface area contributed by atoms with Crippen LogP contribution >= 0.6 is 22.9 Å². The second-order valence-electron chi connectivity index (χ2n) is 5.40. The lowest BCUT2D eigenvalue weighted by atomic mass is 10.1. The minimum atomic E-state index is -0.143. The summed E-state index contributed by atoms with van der Waals surface area (Å²) >= 11 is 7.36. The number of benzene rings is 1. The number of halogens is 1. The molecule has 24 heavy (non-hydrogen) atoms. The number of nitrogens with one attached hydrogen (secondary N) is 1. The average molecular weight is 358 g/mol. The highest BCUT2D eigenvalue weighted by Crippen LogP contribution is 2.27. The molecule has 0 aliphatic rings. The molecule has 1 aromatic carbocycles. The Morgan fingerprint density at radius 3 is 2.79 bits per heavy atom. The van der Waals surface area contributed by atoms with Crippen molar-refractivity contribution in [1.82, 2.24) is 15.3 Å². The monoisotopic (exact) mass is 357 g/mol. The van der Waals surface area contributed by atoms with Gasteiger partial charge in [-0.25, -0.2) is 4.98 Å². The zero-order valence-electron chi connectivity index (χ0n) is 13.3. The van der Waals surface area contributed by atoms with E-state index in [9.17, 15) is 4.79 Å². The van der Waals surface area contributed by atoms with E-state index in [0.29, 0.717) is 15.6 Å². The van der Waals surface area contributed by atoms with Crippen LogP contribution in [0.1, 0.15) is 33.9 Å². The SMILES string of the molecule is Cc1nc(-c2ccccn2)sc1C(=O)N[C@H](C)c1cccc(Cl)c1. The second-order valence-corrected chi connectivity index (χ2v) is 6.83. The predicted molar refractivity (Wildman–Crippen MR) is 97.4 cm³/mol. The molecule has 0 fully saturated rings. The van der Waals surface area contributed by atoms with Gasteiger partial charge in [-0.1, -0.05) is 29.8 Å². The summed E-state index contributed by atoms with van der Waals surface area (Å²) in [6.07, 6.45) is 1.72. The van der Waals surface area contributed by atoms with E-state index in [1.807, 2.05) is 56.3 Å². The molecule has 0 aliphatic carbocycles. The molecule has 3 aromatic rings. The number of aromatic nitrogens is 2. The highest BCUT2D eigenvalue weighted by Gasteiger charge is 2.19. The fourth-order valence-corrected chi connectivity index (χ4v) is 3.47. The van der Waals surface area contributed by atoms with Crippen molar-refractivity contribution in [3.8, 4) is 10.7 Å². The fraction of sp³-hybridized carbons (Fsp3) is 0.167. The number of thiazole rings is 1. The third-order valence-corrected chi connectivity index (χ3v) is 5.00. The van der Waals surface area contributed by atoms with Gasteiger partial charge >= 0.3 is 0 Å². The number of carbonyl (C=O) groups excluding carboxylic acids is 1. The molecule has 0 aliphatic heterocycles. The Morgan fingerprint density at radius 1 is 1.25 bits per heavy atom. The lowest BCUT2D eigenvalue weighted by molar-refractivity contribution is 0.0943. The van der Waals surface area contributed by atoms with Gasteiger partial charge in [0.2, 0.25) is 0 Å². The van der Waals surface area contributed by atoms with E-state index in [1.165, 1.54) is 11.3 Å². The molecular weight excluding hydrogens is 342 g/mol. The summed E-state index contributed by atoms with van der Waals surface area (Å²) in [5.41, 5.74) is 2.44. The van der Waals surface area contributed by atoms with Gasteiger partial charge in [-0.3, -0.25) is 9.78 Å². The molecule has 0 spiro atoms. The van der Waals surface area contributed by atoms with Crippen molar-refractivity contribution in [2.45, 2.75) is 19.9 Å². The van der Waals surface area contributed by atoms with E-state index in [1.54, 1.807) is 6.20 Å². The summed E-state index contributed by atoms with van der Waals surface area (Å²) in [7, 11) is 0. The van der Waals surface area contributed by atoms with Crippen LogP contribution in [0, 0.1) is 6.92 Å². The molecule has 4 nitrogen and oxygen atoms in total. The van der Waals surface area contributed by atoms with E-state index in [2.05, 4.69) is 15.3 Å². The quantitative estimate of drug-likeness (QED) is 0.738. The van der Waals surface area contributed by atoms with Crippen molar-refractivity contribution in [2.75, 3.05) is 0 Å². The van der Waals surface area contributed by atoms with Gasteiger partial charge in [0.05, 0.1) is 17.4 Å². The van der Waals surface area contributed by atoms with Crippen molar-refractivity contribution >= 4 is 28.8 Å². The van der Waals surface area contributed by atoms with Crippen LogP contribution in [0.25, 0.3) is 10.7 Å². The molecule has 122 valence electrons. The predicted octanol–water partition coefficient (Wildman–Crippen LogP) is 4.66. The number of carbonyl (C=O) groups is 1.